The summed E-state index contributed by atoms with van der Waals surface area (Å²) in [6.07, 6.45) is 1.56. The molecule has 1 aliphatic heterocycles. The molecule has 104 valence electrons. The first-order chi connectivity index (χ1) is 10.1. The van der Waals surface area contributed by atoms with Gasteiger partial charge in [-0.1, -0.05) is 34.1 Å². The van der Waals surface area contributed by atoms with Gasteiger partial charge in [-0.15, -0.1) is 0 Å². The number of esters is 1. The lowest BCUT2D eigenvalue weighted by molar-refractivity contribution is -0.129. The van der Waals surface area contributed by atoms with Gasteiger partial charge in [0.2, 0.25) is 5.90 Å². The summed E-state index contributed by atoms with van der Waals surface area (Å²) in [7, 11) is 0. The van der Waals surface area contributed by atoms with Crippen LogP contribution in [0.15, 0.2) is 63.7 Å². The van der Waals surface area contributed by atoms with E-state index in [4.69, 9.17) is 4.74 Å². The van der Waals surface area contributed by atoms with E-state index in [0.29, 0.717) is 11.1 Å². The highest BCUT2D eigenvalue weighted by Crippen LogP contribution is 2.21. The van der Waals surface area contributed by atoms with Crippen LogP contribution in [0.4, 0.5) is 4.39 Å². The second-order valence-corrected chi connectivity index (χ2v) is 5.31. The van der Waals surface area contributed by atoms with E-state index in [0.717, 1.165) is 4.47 Å². The van der Waals surface area contributed by atoms with Crippen molar-refractivity contribution in [1.82, 2.24) is 0 Å². The standard InChI is InChI=1S/C16H9BrFNO2/c17-12-3-1-2-11(9-12)15-19-14(16(20)21-15)8-10-4-6-13(18)7-5-10/h1-9H. The number of benzene rings is 2. The monoisotopic (exact) mass is 345 g/mol. The topological polar surface area (TPSA) is 38.7 Å². The molecule has 0 amide bonds. The van der Waals surface area contributed by atoms with Crippen LogP contribution in [-0.2, 0) is 9.53 Å². The average Bonchev–Trinajstić information content (AvgIpc) is 2.83. The number of nitrogens with zero attached hydrogens (tertiary/aromatic N) is 1. The van der Waals surface area contributed by atoms with E-state index < -0.39 is 5.97 Å². The molecule has 21 heavy (non-hydrogen) atoms. The Balaban J connectivity index is 1.93. The fourth-order valence-corrected chi connectivity index (χ4v) is 2.27. The van der Waals surface area contributed by atoms with Gasteiger partial charge in [0.15, 0.2) is 5.70 Å². The molecule has 0 N–H and O–H groups in total. The fraction of sp³-hybridized carbons (Fsp3) is 0. The molecule has 0 bridgehead atoms. The van der Waals surface area contributed by atoms with Gasteiger partial charge in [-0.2, -0.15) is 0 Å². The van der Waals surface area contributed by atoms with Crippen LogP contribution in [0.2, 0.25) is 0 Å². The Morgan fingerprint density at radius 2 is 1.90 bits per heavy atom. The van der Waals surface area contributed by atoms with E-state index in [1.165, 1.54) is 12.1 Å². The molecule has 0 spiro atoms. The zero-order chi connectivity index (χ0) is 14.8. The van der Waals surface area contributed by atoms with Gasteiger partial charge in [-0.25, -0.2) is 14.2 Å². The molecular weight excluding hydrogens is 337 g/mol. The summed E-state index contributed by atoms with van der Waals surface area (Å²) in [5.74, 6) is -0.589. The lowest BCUT2D eigenvalue weighted by atomic mass is 10.2. The lowest BCUT2D eigenvalue weighted by Gasteiger charge is -1.99. The maximum Gasteiger partial charge on any atom is 0.363 e. The van der Waals surface area contributed by atoms with Crippen molar-refractivity contribution < 1.29 is 13.9 Å². The van der Waals surface area contributed by atoms with E-state index in [-0.39, 0.29) is 17.4 Å². The Kier molecular flexibility index (Phi) is 3.66. The first kappa shape index (κ1) is 13.7. The molecule has 0 saturated carbocycles. The summed E-state index contributed by atoms with van der Waals surface area (Å²) in [6, 6.07) is 13.1. The minimum Gasteiger partial charge on any atom is -0.402 e. The van der Waals surface area contributed by atoms with Gasteiger partial charge >= 0.3 is 5.97 Å². The molecule has 3 rings (SSSR count). The third-order valence-corrected chi connectivity index (χ3v) is 3.36. The Labute approximate surface area is 128 Å². The second-order valence-electron chi connectivity index (χ2n) is 4.40. The van der Waals surface area contributed by atoms with Crippen molar-refractivity contribution in [3.05, 3.63) is 75.6 Å². The number of aliphatic imine (C=N–C) groups is 1. The van der Waals surface area contributed by atoms with Gasteiger partial charge in [0, 0.05) is 10.0 Å². The molecule has 0 saturated heterocycles. The molecule has 3 nitrogen and oxygen atoms in total. The van der Waals surface area contributed by atoms with Gasteiger partial charge in [-0.3, -0.25) is 0 Å². The van der Waals surface area contributed by atoms with E-state index in [1.54, 1.807) is 24.3 Å². The zero-order valence-corrected chi connectivity index (χ0v) is 12.3. The quantitative estimate of drug-likeness (QED) is 0.610. The first-order valence-corrected chi connectivity index (χ1v) is 6.95. The first-order valence-electron chi connectivity index (χ1n) is 6.16. The zero-order valence-electron chi connectivity index (χ0n) is 10.7. The molecule has 0 fully saturated rings. The normalized spacial score (nSPS) is 16.0. The highest BCUT2D eigenvalue weighted by molar-refractivity contribution is 9.10. The summed E-state index contributed by atoms with van der Waals surface area (Å²) in [5, 5.41) is 0. The van der Waals surface area contributed by atoms with Gasteiger partial charge < -0.3 is 4.74 Å². The number of hydrogen-bond donors (Lipinski definition) is 0. The summed E-state index contributed by atoms with van der Waals surface area (Å²) in [5.41, 5.74) is 1.58. The van der Waals surface area contributed by atoms with Crippen molar-refractivity contribution in [2.24, 2.45) is 4.99 Å². The number of carbonyl (C=O) groups excluding carboxylic acids is 1. The van der Waals surface area contributed by atoms with Crippen LogP contribution < -0.4 is 0 Å². The number of carbonyl (C=O) groups is 1. The van der Waals surface area contributed by atoms with E-state index in [2.05, 4.69) is 20.9 Å². The van der Waals surface area contributed by atoms with Crippen molar-refractivity contribution in [1.29, 1.82) is 0 Å². The number of halogens is 2. The smallest absolute Gasteiger partial charge is 0.363 e. The molecule has 1 aliphatic rings. The van der Waals surface area contributed by atoms with Crippen LogP contribution in [0.1, 0.15) is 11.1 Å². The van der Waals surface area contributed by atoms with Crippen LogP contribution in [-0.4, -0.2) is 11.9 Å². The minimum absolute atomic E-state index is 0.191. The van der Waals surface area contributed by atoms with Crippen molar-refractivity contribution >= 4 is 33.9 Å². The predicted octanol–water partition coefficient (Wildman–Crippen LogP) is 3.93. The SMILES string of the molecule is O=C1OC(c2cccc(Br)c2)=NC1=Cc1ccc(F)cc1. The molecule has 5 heteroatoms. The molecular formula is C16H9BrFNO2. The minimum atomic E-state index is -0.519. The lowest BCUT2D eigenvalue weighted by Crippen LogP contribution is -2.05. The summed E-state index contributed by atoms with van der Waals surface area (Å²) < 4.78 is 18.9. The van der Waals surface area contributed by atoms with Crippen LogP contribution in [0.5, 0.6) is 0 Å². The highest BCUT2D eigenvalue weighted by Gasteiger charge is 2.24. The third kappa shape index (κ3) is 3.08. The van der Waals surface area contributed by atoms with E-state index in [9.17, 15) is 9.18 Å². The van der Waals surface area contributed by atoms with Gasteiger partial charge in [-0.05, 0) is 42.0 Å². The highest BCUT2D eigenvalue weighted by atomic mass is 79.9. The van der Waals surface area contributed by atoms with Crippen molar-refractivity contribution in [2.75, 3.05) is 0 Å². The van der Waals surface area contributed by atoms with Gasteiger partial charge in [0.05, 0.1) is 0 Å². The molecule has 0 aromatic heterocycles. The maximum atomic E-state index is 12.9. The van der Waals surface area contributed by atoms with Crippen molar-refractivity contribution in [2.45, 2.75) is 0 Å². The number of hydrogen-bond acceptors (Lipinski definition) is 3. The molecule has 2 aromatic carbocycles. The average molecular weight is 346 g/mol. The van der Waals surface area contributed by atoms with Crippen molar-refractivity contribution in [3.8, 4) is 0 Å². The summed E-state index contributed by atoms with van der Waals surface area (Å²) in [6.45, 7) is 0. The molecule has 0 unspecified atom stereocenters. The van der Waals surface area contributed by atoms with E-state index in [1.807, 2.05) is 18.2 Å². The van der Waals surface area contributed by atoms with Gasteiger partial charge in [0.25, 0.3) is 0 Å². The molecule has 0 atom stereocenters. The van der Waals surface area contributed by atoms with Crippen LogP contribution in [0, 0.1) is 5.82 Å². The van der Waals surface area contributed by atoms with Crippen LogP contribution >= 0.6 is 15.9 Å². The Morgan fingerprint density at radius 1 is 1.14 bits per heavy atom. The predicted molar refractivity (Wildman–Crippen MR) is 81.1 cm³/mol. The number of rotatable bonds is 2. The summed E-state index contributed by atoms with van der Waals surface area (Å²) in [4.78, 5) is 16.0. The summed E-state index contributed by atoms with van der Waals surface area (Å²) >= 11 is 3.35. The van der Waals surface area contributed by atoms with Crippen LogP contribution in [0.3, 0.4) is 0 Å². The van der Waals surface area contributed by atoms with E-state index >= 15 is 0 Å². The largest absolute Gasteiger partial charge is 0.402 e. The molecule has 2 aromatic rings. The molecule has 0 radical (unpaired) electrons. The molecule has 1 heterocycles. The third-order valence-electron chi connectivity index (χ3n) is 2.87. The maximum absolute atomic E-state index is 12.9. The number of ether oxygens (including phenoxy) is 1. The number of cyclic esters (lactones) is 1. The van der Waals surface area contributed by atoms with Crippen molar-refractivity contribution in [3.63, 3.8) is 0 Å². The van der Waals surface area contributed by atoms with Crippen LogP contribution in [0.25, 0.3) is 6.08 Å². The fourth-order valence-electron chi connectivity index (χ4n) is 1.87. The Hall–Kier alpha value is -2.27. The van der Waals surface area contributed by atoms with Gasteiger partial charge in [0.1, 0.15) is 5.82 Å². The Bertz CT molecular complexity index is 766. The second kappa shape index (κ2) is 5.61. The Morgan fingerprint density at radius 3 is 2.62 bits per heavy atom. The molecule has 0 aliphatic carbocycles.